The average molecular weight is 387 g/mol. The summed E-state index contributed by atoms with van der Waals surface area (Å²) in [6, 6.07) is 12.6. The van der Waals surface area contributed by atoms with Crippen LogP contribution in [0.2, 0.25) is 0 Å². The Morgan fingerprint density at radius 1 is 1.11 bits per heavy atom. The highest BCUT2D eigenvalue weighted by Gasteiger charge is 2.30. The number of hydrogen-bond acceptors (Lipinski definition) is 3. The molecule has 144 valence electrons. The largest absolute Gasteiger partial charge is 0.416 e. The second-order valence-corrected chi connectivity index (χ2v) is 6.14. The van der Waals surface area contributed by atoms with Gasteiger partial charge in [-0.1, -0.05) is 30.3 Å². The molecule has 0 saturated heterocycles. The van der Waals surface area contributed by atoms with E-state index in [1.807, 2.05) is 24.3 Å². The quantitative estimate of drug-likeness (QED) is 0.636. The normalized spacial score (nSPS) is 12.4. The second-order valence-electron chi connectivity index (χ2n) is 6.14. The van der Waals surface area contributed by atoms with Gasteiger partial charge in [0.1, 0.15) is 6.04 Å². The number of para-hydroxylation sites is 1. The summed E-state index contributed by atoms with van der Waals surface area (Å²) in [7, 11) is 0. The molecular formula is C20H16F3N3O2. The zero-order chi connectivity index (χ0) is 20.1. The Hall–Kier alpha value is -3.42. The molecule has 0 aliphatic rings. The van der Waals surface area contributed by atoms with Crippen LogP contribution in [0.25, 0.3) is 10.9 Å². The third-order valence-corrected chi connectivity index (χ3v) is 4.16. The van der Waals surface area contributed by atoms with Gasteiger partial charge in [0.2, 0.25) is 12.3 Å². The van der Waals surface area contributed by atoms with Gasteiger partial charge >= 0.3 is 6.18 Å². The highest BCUT2D eigenvalue weighted by atomic mass is 19.4. The van der Waals surface area contributed by atoms with E-state index in [9.17, 15) is 22.8 Å². The molecule has 0 radical (unpaired) electrons. The Balaban J connectivity index is 1.73. The number of anilines is 1. The standard InChI is InChI=1S/C20H16F3N3O2/c21-20(22,23)15-7-5-13(6-8-15)9-18(25-12-27)19(28)26-16-10-14-3-1-2-4-17(14)24-11-16/h1-8,10-12,18H,9H2,(H,25,27)(H,26,28)/t18-/m0/s1. The SMILES string of the molecule is O=CN[C@@H](Cc1ccc(C(F)(F)F)cc1)C(=O)Nc1cnc2ccccc2c1. The number of nitrogens with zero attached hydrogens (tertiary/aromatic N) is 1. The molecule has 1 heterocycles. The van der Waals surface area contributed by atoms with E-state index in [0.29, 0.717) is 17.7 Å². The van der Waals surface area contributed by atoms with Gasteiger partial charge in [-0.25, -0.2) is 0 Å². The second kappa shape index (κ2) is 8.08. The van der Waals surface area contributed by atoms with Crippen LogP contribution in [0.1, 0.15) is 11.1 Å². The number of amides is 2. The smallest absolute Gasteiger partial charge is 0.347 e. The summed E-state index contributed by atoms with van der Waals surface area (Å²) in [5.41, 5.74) is 0.934. The number of pyridine rings is 1. The molecule has 0 spiro atoms. The molecule has 5 nitrogen and oxygen atoms in total. The van der Waals surface area contributed by atoms with Crippen molar-refractivity contribution >= 4 is 28.9 Å². The molecule has 0 fully saturated rings. The number of carbonyl (C=O) groups is 2. The number of aromatic nitrogens is 1. The van der Waals surface area contributed by atoms with Crippen molar-refractivity contribution in [2.75, 3.05) is 5.32 Å². The van der Waals surface area contributed by atoms with Gasteiger partial charge in [0.05, 0.1) is 23.0 Å². The number of nitrogens with one attached hydrogen (secondary N) is 2. The lowest BCUT2D eigenvalue weighted by atomic mass is 10.0. The minimum atomic E-state index is -4.43. The molecule has 2 aromatic carbocycles. The summed E-state index contributed by atoms with van der Waals surface area (Å²) < 4.78 is 38.0. The predicted molar refractivity (Wildman–Crippen MR) is 98.5 cm³/mol. The van der Waals surface area contributed by atoms with Crippen LogP contribution in [0.4, 0.5) is 18.9 Å². The minimum absolute atomic E-state index is 0.0454. The first-order valence-corrected chi connectivity index (χ1v) is 8.38. The van der Waals surface area contributed by atoms with Gasteiger partial charge in [-0.3, -0.25) is 14.6 Å². The van der Waals surface area contributed by atoms with Crippen molar-refractivity contribution < 1.29 is 22.8 Å². The van der Waals surface area contributed by atoms with Crippen molar-refractivity contribution in [3.63, 3.8) is 0 Å². The molecule has 0 aliphatic heterocycles. The van der Waals surface area contributed by atoms with Crippen molar-refractivity contribution in [2.24, 2.45) is 0 Å². The maximum atomic E-state index is 12.7. The van der Waals surface area contributed by atoms with Crippen molar-refractivity contribution in [1.82, 2.24) is 10.3 Å². The molecule has 2 N–H and O–H groups in total. The van der Waals surface area contributed by atoms with Crippen molar-refractivity contribution in [3.8, 4) is 0 Å². The number of halogens is 3. The molecule has 3 rings (SSSR count). The molecule has 0 bridgehead atoms. The summed E-state index contributed by atoms with van der Waals surface area (Å²) >= 11 is 0. The van der Waals surface area contributed by atoms with Gasteiger partial charge in [0, 0.05) is 11.8 Å². The lowest BCUT2D eigenvalue weighted by Crippen LogP contribution is -2.41. The van der Waals surface area contributed by atoms with Crippen LogP contribution < -0.4 is 10.6 Å². The average Bonchev–Trinajstić information content (AvgIpc) is 2.67. The minimum Gasteiger partial charge on any atom is -0.347 e. The van der Waals surface area contributed by atoms with Crippen LogP contribution in [0.15, 0.2) is 60.8 Å². The van der Waals surface area contributed by atoms with Crippen molar-refractivity contribution in [3.05, 3.63) is 71.9 Å². The predicted octanol–water partition coefficient (Wildman–Crippen LogP) is 3.55. The summed E-state index contributed by atoms with van der Waals surface area (Å²) in [5.74, 6) is -0.496. The van der Waals surface area contributed by atoms with E-state index in [0.717, 1.165) is 23.0 Å². The number of fused-ring (bicyclic) bond motifs is 1. The van der Waals surface area contributed by atoms with Crippen LogP contribution in [-0.4, -0.2) is 23.3 Å². The van der Waals surface area contributed by atoms with Gasteiger partial charge in [-0.2, -0.15) is 13.2 Å². The van der Waals surface area contributed by atoms with Crippen LogP contribution in [-0.2, 0) is 22.2 Å². The maximum absolute atomic E-state index is 12.7. The van der Waals surface area contributed by atoms with Crippen LogP contribution >= 0.6 is 0 Å². The third kappa shape index (κ3) is 4.64. The lowest BCUT2D eigenvalue weighted by Gasteiger charge is -2.17. The Kier molecular flexibility index (Phi) is 5.58. The van der Waals surface area contributed by atoms with Gasteiger partial charge in [-0.05, 0) is 29.8 Å². The van der Waals surface area contributed by atoms with Crippen LogP contribution in [0.3, 0.4) is 0 Å². The monoisotopic (exact) mass is 387 g/mol. The molecule has 8 heteroatoms. The lowest BCUT2D eigenvalue weighted by molar-refractivity contribution is -0.137. The Morgan fingerprint density at radius 2 is 1.82 bits per heavy atom. The first-order chi connectivity index (χ1) is 13.4. The molecule has 0 unspecified atom stereocenters. The Labute approximate surface area is 158 Å². The number of benzene rings is 2. The van der Waals surface area contributed by atoms with Gasteiger partial charge < -0.3 is 10.6 Å². The van der Waals surface area contributed by atoms with E-state index in [4.69, 9.17) is 0 Å². The van der Waals surface area contributed by atoms with E-state index in [1.165, 1.54) is 18.3 Å². The van der Waals surface area contributed by atoms with E-state index >= 15 is 0 Å². The fourth-order valence-electron chi connectivity index (χ4n) is 2.74. The van der Waals surface area contributed by atoms with Crippen molar-refractivity contribution in [2.45, 2.75) is 18.6 Å². The number of rotatable bonds is 6. The molecule has 2 amide bonds. The topological polar surface area (TPSA) is 71.1 Å². The fraction of sp³-hybridized carbons (Fsp3) is 0.150. The highest BCUT2D eigenvalue weighted by molar-refractivity contribution is 5.97. The summed E-state index contributed by atoms with van der Waals surface area (Å²) in [6.45, 7) is 0. The number of carbonyl (C=O) groups excluding carboxylic acids is 2. The van der Waals surface area contributed by atoms with Gasteiger partial charge in [0.15, 0.2) is 0 Å². The molecule has 28 heavy (non-hydrogen) atoms. The molecule has 1 aromatic heterocycles. The summed E-state index contributed by atoms with van der Waals surface area (Å²) in [6.07, 6.45) is -2.51. The molecule has 1 atom stereocenters. The van der Waals surface area contributed by atoms with Gasteiger partial charge in [0.25, 0.3) is 0 Å². The van der Waals surface area contributed by atoms with Crippen molar-refractivity contribution in [1.29, 1.82) is 0 Å². The zero-order valence-electron chi connectivity index (χ0n) is 14.5. The molecule has 0 aliphatic carbocycles. The summed E-state index contributed by atoms with van der Waals surface area (Å²) in [5, 5.41) is 5.91. The Morgan fingerprint density at radius 3 is 2.50 bits per heavy atom. The van der Waals surface area contributed by atoms with E-state index < -0.39 is 23.7 Å². The maximum Gasteiger partial charge on any atom is 0.416 e. The highest BCUT2D eigenvalue weighted by Crippen LogP contribution is 2.29. The van der Waals surface area contributed by atoms with E-state index in [2.05, 4.69) is 15.6 Å². The Bertz CT molecular complexity index is 988. The van der Waals surface area contributed by atoms with E-state index in [-0.39, 0.29) is 6.42 Å². The van der Waals surface area contributed by atoms with Gasteiger partial charge in [-0.15, -0.1) is 0 Å². The molecule has 3 aromatic rings. The van der Waals surface area contributed by atoms with Crippen LogP contribution in [0.5, 0.6) is 0 Å². The van der Waals surface area contributed by atoms with Crippen LogP contribution in [0, 0.1) is 0 Å². The number of hydrogen-bond donors (Lipinski definition) is 2. The number of alkyl halides is 3. The summed E-state index contributed by atoms with van der Waals surface area (Å²) in [4.78, 5) is 27.6. The first kappa shape index (κ1) is 19.3. The first-order valence-electron chi connectivity index (χ1n) is 8.38. The zero-order valence-corrected chi connectivity index (χ0v) is 14.5. The van der Waals surface area contributed by atoms with E-state index in [1.54, 1.807) is 6.07 Å². The molecule has 0 saturated carbocycles. The third-order valence-electron chi connectivity index (χ3n) is 4.16. The fourth-order valence-corrected chi connectivity index (χ4v) is 2.74. The molecular weight excluding hydrogens is 371 g/mol.